The largest absolute Gasteiger partial charge is 0.477 e. The lowest BCUT2D eigenvalue weighted by molar-refractivity contribution is -0.225. The molecule has 0 amide bonds. The van der Waals surface area contributed by atoms with Crippen LogP contribution in [0.3, 0.4) is 0 Å². The van der Waals surface area contributed by atoms with Gasteiger partial charge in [0.2, 0.25) is 0 Å². The average molecular weight is 196 g/mol. The molecular formula is C7H10F2O4. The van der Waals surface area contributed by atoms with Crippen molar-refractivity contribution < 1.29 is 28.5 Å². The smallest absolute Gasteiger partial charge is 0.377 e. The van der Waals surface area contributed by atoms with Gasteiger partial charge in [-0.3, -0.25) is 0 Å². The summed E-state index contributed by atoms with van der Waals surface area (Å²) in [6.07, 6.45) is -0.710. The lowest BCUT2D eigenvalue weighted by atomic mass is 9.87. The molecule has 0 unspecified atom stereocenters. The van der Waals surface area contributed by atoms with Crippen LogP contribution in [0.25, 0.3) is 0 Å². The van der Waals surface area contributed by atoms with Crippen LogP contribution in [0.5, 0.6) is 0 Å². The van der Waals surface area contributed by atoms with E-state index in [9.17, 15) is 18.7 Å². The maximum Gasteiger partial charge on any atom is 0.377 e. The lowest BCUT2D eigenvalue weighted by Gasteiger charge is -2.35. The summed E-state index contributed by atoms with van der Waals surface area (Å²) >= 11 is 0. The molecule has 0 spiro atoms. The molecule has 0 aromatic rings. The van der Waals surface area contributed by atoms with E-state index in [1.54, 1.807) is 0 Å². The summed E-state index contributed by atoms with van der Waals surface area (Å²) in [5.74, 6) is -6.39. The molecule has 1 rings (SSSR count). The number of carbonyl (C=O) groups is 1. The molecule has 1 heterocycles. The normalized spacial score (nSPS) is 22.7. The number of hydrogen-bond donors (Lipinski definition) is 2. The third kappa shape index (κ3) is 1.64. The van der Waals surface area contributed by atoms with Gasteiger partial charge in [-0.2, -0.15) is 8.78 Å². The highest BCUT2D eigenvalue weighted by Gasteiger charge is 2.58. The Balaban J connectivity index is 2.82. The van der Waals surface area contributed by atoms with Gasteiger partial charge in [-0.1, -0.05) is 0 Å². The van der Waals surface area contributed by atoms with Crippen LogP contribution in [0, 0.1) is 0 Å². The van der Waals surface area contributed by atoms with E-state index >= 15 is 0 Å². The van der Waals surface area contributed by atoms with Crippen LogP contribution in [0.4, 0.5) is 8.78 Å². The zero-order chi connectivity index (χ0) is 10.1. The van der Waals surface area contributed by atoms with Gasteiger partial charge in [0, 0.05) is 26.1 Å². The van der Waals surface area contributed by atoms with Crippen molar-refractivity contribution in [1.29, 1.82) is 0 Å². The van der Waals surface area contributed by atoms with Gasteiger partial charge in [0.15, 0.2) is 0 Å². The molecule has 13 heavy (non-hydrogen) atoms. The summed E-state index contributed by atoms with van der Waals surface area (Å²) in [7, 11) is 0. The van der Waals surface area contributed by atoms with Crippen LogP contribution in [0.1, 0.15) is 12.8 Å². The first-order valence-electron chi connectivity index (χ1n) is 3.81. The number of alkyl halides is 2. The zero-order valence-electron chi connectivity index (χ0n) is 6.80. The van der Waals surface area contributed by atoms with Gasteiger partial charge in [-0.25, -0.2) is 4.79 Å². The van der Waals surface area contributed by atoms with Gasteiger partial charge in [-0.05, 0) is 0 Å². The predicted molar refractivity (Wildman–Crippen MR) is 37.6 cm³/mol. The maximum atomic E-state index is 12.9. The number of rotatable bonds is 2. The SMILES string of the molecule is O=C(O)C(F)(F)C1(O)CCOCC1. The molecule has 0 aromatic heterocycles. The molecule has 0 aliphatic carbocycles. The fraction of sp³-hybridized carbons (Fsp3) is 0.857. The standard InChI is InChI=1S/C7H10F2O4/c8-7(9,5(10)11)6(12)1-3-13-4-2-6/h12H,1-4H2,(H,10,11). The van der Waals surface area contributed by atoms with Gasteiger partial charge in [0.05, 0.1) is 0 Å². The first-order chi connectivity index (χ1) is 5.90. The molecule has 0 radical (unpaired) electrons. The summed E-state index contributed by atoms with van der Waals surface area (Å²) in [6.45, 7) is -0.0846. The van der Waals surface area contributed by atoms with Crippen LogP contribution in [0.15, 0.2) is 0 Å². The van der Waals surface area contributed by atoms with E-state index in [1.807, 2.05) is 0 Å². The molecule has 0 aromatic carbocycles. The second kappa shape index (κ2) is 3.19. The molecule has 0 atom stereocenters. The Morgan fingerprint density at radius 2 is 1.85 bits per heavy atom. The molecule has 4 nitrogen and oxygen atoms in total. The van der Waals surface area contributed by atoms with Crippen molar-refractivity contribution in [2.24, 2.45) is 0 Å². The summed E-state index contributed by atoms with van der Waals surface area (Å²) in [5.41, 5.74) is -2.46. The van der Waals surface area contributed by atoms with E-state index in [0.29, 0.717) is 0 Å². The highest BCUT2D eigenvalue weighted by atomic mass is 19.3. The second-order valence-electron chi connectivity index (χ2n) is 3.02. The van der Waals surface area contributed by atoms with Crippen molar-refractivity contribution in [3.63, 3.8) is 0 Å². The van der Waals surface area contributed by atoms with Gasteiger partial charge in [0.1, 0.15) is 5.60 Å². The van der Waals surface area contributed by atoms with Crippen molar-refractivity contribution in [2.75, 3.05) is 13.2 Å². The summed E-state index contributed by atoms with van der Waals surface area (Å²) in [5, 5.41) is 17.6. The molecule has 76 valence electrons. The fourth-order valence-corrected chi connectivity index (χ4v) is 1.22. The van der Waals surface area contributed by atoms with Crippen molar-refractivity contribution in [3.8, 4) is 0 Å². The second-order valence-corrected chi connectivity index (χ2v) is 3.02. The first-order valence-corrected chi connectivity index (χ1v) is 3.81. The monoisotopic (exact) mass is 196 g/mol. The zero-order valence-corrected chi connectivity index (χ0v) is 6.80. The number of aliphatic hydroxyl groups is 1. The van der Waals surface area contributed by atoms with Crippen molar-refractivity contribution in [3.05, 3.63) is 0 Å². The van der Waals surface area contributed by atoms with E-state index in [1.165, 1.54) is 0 Å². The van der Waals surface area contributed by atoms with Gasteiger partial charge in [0.25, 0.3) is 0 Å². The highest BCUT2D eigenvalue weighted by molar-refractivity contribution is 5.77. The van der Waals surface area contributed by atoms with Gasteiger partial charge < -0.3 is 14.9 Å². The van der Waals surface area contributed by atoms with E-state index in [0.717, 1.165) is 0 Å². The molecular weight excluding hydrogens is 186 g/mol. The molecule has 0 saturated carbocycles. The molecule has 1 saturated heterocycles. The molecule has 0 bridgehead atoms. The third-order valence-corrected chi connectivity index (χ3v) is 2.17. The number of aliphatic carboxylic acids is 1. The Bertz CT molecular complexity index is 211. The van der Waals surface area contributed by atoms with Gasteiger partial charge >= 0.3 is 11.9 Å². The lowest BCUT2D eigenvalue weighted by Crippen LogP contribution is -2.56. The predicted octanol–water partition coefficient (Wildman–Crippen LogP) is 0.248. The Morgan fingerprint density at radius 1 is 1.38 bits per heavy atom. The van der Waals surface area contributed by atoms with Crippen LogP contribution >= 0.6 is 0 Å². The minimum atomic E-state index is -4.10. The number of ether oxygens (including phenoxy) is 1. The van der Waals surface area contributed by atoms with Crippen LogP contribution in [-0.2, 0) is 9.53 Å². The van der Waals surface area contributed by atoms with E-state index in [4.69, 9.17) is 9.84 Å². The van der Waals surface area contributed by atoms with Crippen LogP contribution in [0.2, 0.25) is 0 Å². The van der Waals surface area contributed by atoms with Crippen molar-refractivity contribution >= 4 is 5.97 Å². The summed E-state index contributed by atoms with van der Waals surface area (Å²) in [6, 6.07) is 0. The number of halogens is 2. The Kier molecular flexibility index (Phi) is 2.53. The molecule has 1 aliphatic rings. The van der Waals surface area contributed by atoms with Crippen LogP contribution < -0.4 is 0 Å². The Labute approximate surface area is 73.1 Å². The fourth-order valence-electron chi connectivity index (χ4n) is 1.22. The minimum Gasteiger partial charge on any atom is -0.477 e. The Morgan fingerprint density at radius 3 is 2.23 bits per heavy atom. The summed E-state index contributed by atoms with van der Waals surface area (Å²) < 4.78 is 30.6. The highest BCUT2D eigenvalue weighted by Crippen LogP contribution is 2.36. The van der Waals surface area contributed by atoms with Crippen molar-refractivity contribution in [2.45, 2.75) is 24.4 Å². The number of carboxylic acid groups (broad SMARTS) is 1. The third-order valence-electron chi connectivity index (χ3n) is 2.17. The maximum absolute atomic E-state index is 12.9. The minimum absolute atomic E-state index is 0.0423. The van der Waals surface area contributed by atoms with Crippen LogP contribution in [-0.4, -0.2) is 40.9 Å². The molecule has 1 fully saturated rings. The van der Waals surface area contributed by atoms with E-state index < -0.39 is 17.5 Å². The Hall–Kier alpha value is -0.750. The quantitative estimate of drug-likeness (QED) is 0.664. The topological polar surface area (TPSA) is 66.8 Å². The average Bonchev–Trinajstić information content (AvgIpc) is 2.05. The molecule has 1 aliphatic heterocycles. The number of carboxylic acids is 1. The van der Waals surface area contributed by atoms with Crippen molar-refractivity contribution in [1.82, 2.24) is 0 Å². The number of hydrogen-bond acceptors (Lipinski definition) is 3. The summed E-state index contributed by atoms with van der Waals surface area (Å²) in [4.78, 5) is 10.2. The molecule has 2 N–H and O–H groups in total. The first kappa shape index (κ1) is 10.3. The van der Waals surface area contributed by atoms with E-state index in [2.05, 4.69) is 0 Å². The van der Waals surface area contributed by atoms with E-state index in [-0.39, 0.29) is 26.1 Å². The van der Waals surface area contributed by atoms with Gasteiger partial charge in [-0.15, -0.1) is 0 Å². The molecule has 6 heteroatoms.